The fraction of sp³-hybridized carbons (Fsp3) is 0.640. The molecule has 0 aliphatic carbocycles. The van der Waals surface area contributed by atoms with Crippen molar-refractivity contribution in [1.29, 1.82) is 0 Å². The number of carbonyl (C=O) groups is 2. The molecule has 1 saturated heterocycles. The van der Waals surface area contributed by atoms with Crippen LogP contribution in [0.1, 0.15) is 148 Å². The molecule has 2 rings (SSSR count). The Morgan fingerprint density at radius 3 is 1.99 bits per heavy atom. The zero-order valence-corrected chi connectivity index (χ0v) is 43.7. The zero-order chi connectivity index (χ0) is 53.0. The minimum Gasteiger partial charge on any atom is -0.462 e. The average Bonchev–Trinajstić information content (AvgIpc) is 3.61. The number of aliphatic hydroxyl groups excluding tert-OH is 4. The van der Waals surface area contributed by atoms with Gasteiger partial charge in [0.25, 0.3) is 0 Å². The van der Waals surface area contributed by atoms with E-state index in [1.165, 1.54) is 37.8 Å². The van der Waals surface area contributed by atoms with Crippen LogP contribution < -0.4 is 11.4 Å². The molecule has 408 valence electrons. The first-order valence-corrected chi connectivity index (χ1v) is 28.2. The first kappa shape index (κ1) is 64.2. The second-order valence-corrected chi connectivity index (χ2v) is 20.4. The van der Waals surface area contributed by atoms with Gasteiger partial charge in [0.1, 0.15) is 30.7 Å². The predicted octanol–water partition coefficient (Wildman–Crippen LogP) is 8.05. The summed E-state index contributed by atoms with van der Waals surface area (Å²) in [6, 6.07) is 1.23. The van der Waals surface area contributed by atoms with Crippen molar-refractivity contribution in [1.82, 2.24) is 9.55 Å². The van der Waals surface area contributed by atoms with E-state index >= 15 is 0 Å². The molecule has 1 aromatic heterocycles. The Balaban J connectivity index is 1.88. The van der Waals surface area contributed by atoms with Crippen molar-refractivity contribution in [3.63, 3.8) is 0 Å². The van der Waals surface area contributed by atoms with Crippen LogP contribution in [0.15, 0.2) is 90.0 Å². The number of anilines is 1. The molecule has 1 fully saturated rings. The molecule has 8 N–H and O–H groups in total. The van der Waals surface area contributed by atoms with Crippen LogP contribution in [0, 0.1) is 0 Å². The molecule has 72 heavy (non-hydrogen) atoms. The maximum atomic E-state index is 12.9. The van der Waals surface area contributed by atoms with Gasteiger partial charge >= 0.3 is 33.3 Å². The Labute approximate surface area is 424 Å². The van der Waals surface area contributed by atoms with E-state index in [-0.39, 0.29) is 31.5 Å². The van der Waals surface area contributed by atoms with Gasteiger partial charge in [-0.15, -0.1) is 0 Å². The van der Waals surface area contributed by atoms with Gasteiger partial charge in [-0.3, -0.25) is 23.2 Å². The highest BCUT2D eigenvalue weighted by atomic mass is 31.3. The number of aromatic nitrogens is 2. The van der Waals surface area contributed by atoms with Gasteiger partial charge < -0.3 is 50.2 Å². The van der Waals surface area contributed by atoms with Gasteiger partial charge in [0.05, 0.1) is 25.4 Å². The van der Waals surface area contributed by atoms with Crippen molar-refractivity contribution in [3.05, 3.63) is 95.7 Å². The molecule has 0 saturated carbocycles. The Hall–Kier alpha value is -3.88. The van der Waals surface area contributed by atoms with Crippen molar-refractivity contribution < 1.29 is 76.5 Å². The fourth-order valence-corrected chi connectivity index (χ4v) is 9.06. The largest absolute Gasteiger partial charge is 0.481 e. The van der Waals surface area contributed by atoms with Gasteiger partial charge in [0.2, 0.25) is 0 Å². The Bertz CT molecular complexity index is 2030. The van der Waals surface area contributed by atoms with Crippen LogP contribution in [0.5, 0.6) is 0 Å². The van der Waals surface area contributed by atoms with Crippen molar-refractivity contribution in [3.8, 4) is 0 Å². The van der Waals surface area contributed by atoms with Gasteiger partial charge in [0, 0.05) is 19.0 Å². The summed E-state index contributed by atoms with van der Waals surface area (Å²) < 4.78 is 56.5. The minimum absolute atomic E-state index is 0.0221. The molecule has 1 aliphatic rings. The fourth-order valence-electron chi connectivity index (χ4n) is 6.95. The van der Waals surface area contributed by atoms with Gasteiger partial charge in [0.15, 0.2) is 12.3 Å². The van der Waals surface area contributed by atoms with Crippen LogP contribution in [0.2, 0.25) is 0 Å². The van der Waals surface area contributed by atoms with Crippen molar-refractivity contribution in [2.45, 2.75) is 185 Å². The van der Waals surface area contributed by atoms with Gasteiger partial charge in [-0.25, -0.2) is 13.9 Å². The number of allylic oxidation sites excluding steroid dienone is 9. The highest BCUT2D eigenvalue weighted by Gasteiger charge is 2.46. The van der Waals surface area contributed by atoms with Crippen LogP contribution in [0.4, 0.5) is 5.82 Å². The minimum atomic E-state index is -5.48. The van der Waals surface area contributed by atoms with Crippen molar-refractivity contribution in [2.75, 3.05) is 25.6 Å². The lowest BCUT2D eigenvalue weighted by molar-refractivity contribution is -0.161. The molecule has 2 heterocycles. The predicted molar refractivity (Wildman–Crippen MR) is 273 cm³/mol. The number of esters is 2. The zero-order valence-electron chi connectivity index (χ0n) is 41.9. The molecule has 0 amide bonds. The monoisotopic (exact) mass is 1060 g/mol. The lowest BCUT2D eigenvalue weighted by Crippen LogP contribution is -2.36. The molecular formula is C50H81N3O17P2. The van der Waals surface area contributed by atoms with Crippen LogP contribution in [0.25, 0.3) is 0 Å². The summed E-state index contributed by atoms with van der Waals surface area (Å²) in [6.07, 6.45) is 30.3. The second kappa shape index (κ2) is 37.8. The second-order valence-electron chi connectivity index (χ2n) is 17.4. The molecule has 2 unspecified atom stereocenters. The van der Waals surface area contributed by atoms with Crippen LogP contribution in [0.3, 0.4) is 0 Å². The average molecular weight is 1060 g/mol. The standard InChI is InChI=1S/C50H81N3O17P2/c1-3-5-7-9-11-12-13-14-15-16-17-18-19-21-27-33-46(57)68-42(37-65-45(56)34-28-32-41(55)31-26-23-22-25-30-40(54)29-24-20-10-8-6-4-2)38-66-71(61,62)70-72(63,64)67-39-43-47(58)48(59)49(69-43)53-36-35-44(51)52-50(53)60/h11-12,14-15,20,22-26,30-31,35-36,40-43,47-49,54-55,58-59H,3-10,13,16-19,21,27-29,32-34,37-39H2,1-2H3,(H,61,62)(H,63,64)(H2,51,52,60)/b12-11-,15-14-,23-22+,24-20-,30-25+,31-26-/t40-,41-,42-,43-,47-,48-,49-/m1/s1. The van der Waals surface area contributed by atoms with Crippen molar-refractivity contribution in [2.24, 2.45) is 0 Å². The van der Waals surface area contributed by atoms with Crippen LogP contribution in [-0.4, -0.2) is 108 Å². The third kappa shape index (κ3) is 30.3. The molecule has 22 heteroatoms. The van der Waals surface area contributed by atoms with E-state index in [2.05, 4.69) is 53.5 Å². The van der Waals surface area contributed by atoms with Crippen molar-refractivity contribution >= 4 is 33.4 Å². The normalized spacial score (nSPS) is 20.6. The number of aliphatic hydroxyl groups is 4. The number of phosphoric acid groups is 2. The highest BCUT2D eigenvalue weighted by Crippen LogP contribution is 2.60. The maximum absolute atomic E-state index is 12.9. The number of nitrogen functional groups attached to an aromatic ring is 1. The smallest absolute Gasteiger partial charge is 0.462 e. The molecule has 1 aliphatic heterocycles. The number of rotatable bonds is 40. The molecule has 20 nitrogen and oxygen atoms in total. The first-order valence-electron chi connectivity index (χ1n) is 25.2. The summed E-state index contributed by atoms with van der Waals surface area (Å²) in [4.78, 5) is 61.9. The van der Waals surface area contributed by atoms with E-state index in [4.69, 9.17) is 29.0 Å². The third-order valence-electron chi connectivity index (χ3n) is 11.0. The van der Waals surface area contributed by atoms with Crippen LogP contribution in [-0.2, 0) is 46.3 Å². The Morgan fingerprint density at radius 2 is 1.33 bits per heavy atom. The van der Waals surface area contributed by atoms with E-state index in [1.54, 1.807) is 30.4 Å². The number of carbonyl (C=O) groups excluding carboxylic acids is 2. The number of ether oxygens (including phenoxy) is 3. The molecule has 1 aromatic rings. The first-order chi connectivity index (χ1) is 34.5. The molecule has 9 atom stereocenters. The number of hydrogen-bond donors (Lipinski definition) is 7. The number of nitrogens with two attached hydrogens (primary N) is 1. The Morgan fingerprint density at radius 1 is 0.750 bits per heavy atom. The SMILES string of the molecule is CCCCC/C=C\C/C=C\CCCCCCCC(=O)O[C@H](COC(=O)CCC[C@H](O)\C=C/C=C/C=C/[C@H](O)C/C=C\CCCCC)COP(=O)(O)OP(=O)(O)OC[C@H]1O[C@@H](n2ccc(N)nc2=O)[C@H](O)[C@@H]1O. The summed E-state index contributed by atoms with van der Waals surface area (Å²) in [6.45, 7) is 1.80. The summed E-state index contributed by atoms with van der Waals surface area (Å²) in [5.41, 5.74) is 4.56. The van der Waals surface area contributed by atoms with E-state index in [9.17, 15) is 53.7 Å². The number of nitrogens with zero attached hydrogens (tertiary/aromatic N) is 2. The number of hydrogen-bond acceptors (Lipinski definition) is 17. The summed E-state index contributed by atoms with van der Waals surface area (Å²) in [5.74, 6) is -1.57. The highest BCUT2D eigenvalue weighted by molar-refractivity contribution is 7.61. The lowest BCUT2D eigenvalue weighted by Gasteiger charge is -2.21. The van der Waals surface area contributed by atoms with Gasteiger partial charge in [-0.05, 0) is 76.7 Å². The van der Waals surface area contributed by atoms with E-state index < -0.39 is 95.9 Å². The summed E-state index contributed by atoms with van der Waals surface area (Å²) in [5, 5.41) is 41.3. The molecular weight excluding hydrogens is 977 g/mol. The Kier molecular flexibility index (Phi) is 33.7. The van der Waals surface area contributed by atoms with Gasteiger partial charge in [-0.2, -0.15) is 9.29 Å². The van der Waals surface area contributed by atoms with E-state index in [0.717, 1.165) is 75.0 Å². The quantitative estimate of drug-likeness (QED) is 0.0107. The summed E-state index contributed by atoms with van der Waals surface area (Å²) >= 11 is 0. The van der Waals surface area contributed by atoms with Crippen LogP contribution >= 0.6 is 15.6 Å². The summed E-state index contributed by atoms with van der Waals surface area (Å²) in [7, 11) is -11.0. The van der Waals surface area contributed by atoms with E-state index in [0.29, 0.717) is 12.8 Å². The number of phosphoric ester groups is 2. The molecule has 0 aromatic carbocycles. The molecule has 0 radical (unpaired) electrons. The van der Waals surface area contributed by atoms with Gasteiger partial charge in [-0.1, -0.05) is 132 Å². The molecule has 0 spiro atoms. The lowest BCUT2D eigenvalue weighted by atomic mass is 10.1. The van der Waals surface area contributed by atoms with E-state index in [1.807, 2.05) is 6.08 Å². The maximum Gasteiger partial charge on any atom is 0.481 e. The number of unbranched alkanes of at least 4 members (excludes halogenated alkanes) is 11. The third-order valence-corrected chi connectivity index (χ3v) is 13.6. The topological polar surface area (TPSA) is 306 Å². The molecule has 0 bridgehead atoms.